The van der Waals surface area contributed by atoms with Gasteiger partial charge in [-0.2, -0.15) is 0 Å². The molecule has 0 aliphatic carbocycles. The van der Waals surface area contributed by atoms with Crippen molar-refractivity contribution in [3.05, 3.63) is 23.4 Å². The number of aryl methyl sites for hydroxylation is 2. The summed E-state index contributed by atoms with van der Waals surface area (Å²) >= 11 is 0.747. The average molecular weight is 259 g/mol. The van der Waals surface area contributed by atoms with Crippen molar-refractivity contribution in [3.63, 3.8) is 0 Å². The number of halogens is 3. The van der Waals surface area contributed by atoms with Crippen LogP contribution in [0.25, 0.3) is 0 Å². The molecule has 1 heterocycles. The Hall–Kier alpha value is 0.991. The third-order valence-electron chi connectivity index (χ3n) is 1.49. The third kappa shape index (κ3) is 7.02. The summed E-state index contributed by atoms with van der Waals surface area (Å²) < 4.78 is 35.9. The monoisotopic (exact) mass is 259 g/mol. The predicted molar refractivity (Wildman–Crippen MR) is 53.5 cm³/mol. The van der Waals surface area contributed by atoms with Gasteiger partial charge in [0, 0.05) is 5.69 Å². The molecule has 0 saturated heterocycles. The topological polar surface area (TPSA) is 12.9 Å². The molecule has 78 valence electrons. The van der Waals surface area contributed by atoms with E-state index in [1.807, 2.05) is 13.0 Å². The molecule has 0 unspecified atom stereocenters. The zero-order valence-electron chi connectivity index (χ0n) is 8.93. The number of rotatable bonds is 3. The van der Waals surface area contributed by atoms with Gasteiger partial charge in [-0.25, -0.2) is 4.98 Å². The molecule has 0 atom stereocenters. The summed E-state index contributed by atoms with van der Waals surface area (Å²) in [5.41, 5.74) is 0.868. The largest absolute Gasteiger partial charge is 1.00 e. The number of hydrogen-bond acceptors (Lipinski definition) is 2. The van der Waals surface area contributed by atoms with Crippen LogP contribution in [-0.2, 0) is 0 Å². The fourth-order valence-corrected chi connectivity index (χ4v) is 1.90. The second-order valence-corrected chi connectivity index (χ2v) is 4.19. The van der Waals surface area contributed by atoms with E-state index in [-0.39, 0.29) is 51.4 Å². The molecular formula is C8H10BF3KNS. The van der Waals surface area contributed by atoms with Crippen molar-refractivity contribution in [1.82, 2.24) is 4.98 Å². The van der Waals surface area contributed by atoms with Gasteiger partial charge in [0.15, 0.2) is 0 Å². The number of thioether (sulfide) groups is 1. The Balaban J connectivity index is 0.00000196. The minimum Gasteiger partial charge on any atom is -0.448 e. The van der Waals surface area contributed by atoms with E-state index < -0.39 is 12.6 Å². The van der Waals surface area contributed by atoms with Crippen molar-refractivity contribution in [3.8, 4) is 0 Å². The molecule has 1 nitrogen and oxygen atoms in total. The molecule has 7 heteroatoms. The molecular weight excluding hydrogens is 249 g/mol. The zero-order chi connectivity index (χ0) is 10.8. The van der Waals surface area contributed by atoms with Gasteiger partial charge >= 0.3 is 58.4 Å². The molecule has 0 aliphatic heterocycles. The van der Waals surface area contributed by atoms with Gasteiger partial charge < -0.3 is 12.9 Å². The zero-order valence-corrected chi connectivity index (χ0v) is 12.9. The molecule has 0 saturated carbocycles. The van der Waals surface area contributed by atoms with E-state index in [2.05, 4.69) is 4.98 Å². The van der Waals surface area contributed by atoms with Crippen LogP contribution in [0.2, 0.25) is 0 Å². The van der Waals surface area contributed by atoms with Crippen molar-refractivity contribution in [1.29, 1.82) is 0 Å². The summed E-state index contributed by atoms with van der Waals surface area (Å²) in [5, 5.41) is 0.446. The molecule has 1 aromatic rings. The van der Waals surface area contributed by atoms with Crippen LogP contribution in [0.3, 0.4) is 0 Å². The van der Waals surface area contributed by atoms with Gasteiger partial charge in [-0.05, 0) is 37.2 Å². The Morgan fingerprint density at radius 2 is 1.87 bits per heavy atom. The van der Waals surface area contributed by atoms with Crippen molar-refractivity contribution in [2.75, 3.05) is 5.65 Å². The third-order valence-corrected chi connectivity index (χ3v) is 2.54. The molecule has 1 aromatic heterocycles. The van der Waals surface area contributed by atoms with E-state index in [0.717, 1.165) is 23.0 Å². The normalized spacial score (nSPS) is 11.0. The smallest absolute Gasteiger partial charge is 0.448 e. The minimum atomic E-state index is -4.73. The van der Waals surface area contributed by atoms with Crippen LogP contribution in [0, 0.1) is 13.8 Å². The first kappa shape index (κ1) is 16.0. The van der Waals surface area contributed by atoms with Crippen molar-refractivity contribution < 1.29 is 64.3 Å². The van der Waals surface area contributed by atoms with E-state index in [0.29, 0.717) is 5.03 Å². The maximum absolute atomic E-state index is 12.0. The Morgan fingerprint density at radius 3 is 2.33 bits per heavy atom. The summed E-state index contributed by atoms with van der Waals surface area (Å²) in [4.78, 5) is 4.01. The number of aromatic nitrogens is 1. The van der Waals surface area contributed by atoms with Crippen LogP contribution in [0.1, 0.15) is 11.3 Å². The van der Waals surface area contributed by atoms with Crippen LogP contribution in [0.4, 0.5) is 12.9 Å². The van der Waals surface area contributed by atoms with Crippen LogP contribution in [0.15, 0.2) is 17.2 Å². The van der Waals surface area contributed by atoms with Gasteiger partial charge in [-0.3, -0.25) is 0 Å². The minimum absolute atomic E-state index is 0. The summed E-state index contributed by atoms with van der Waals surface area (Å²) in [5.74, 6) is 0. The molecule has 0 aromatic carbocycles. The molecule has 0 N–H and O–H groups in total. The van der Waals surface area contributed by atoms with Gasteiger partial charge in [0.2, 0.25) is 0 Å². The summed E-state index contributed by atoms with van der Waals surface area (Å²) in [6.07, 6.45) is 0. The van der Waals surface area contributed by atoms with Gasteiger partial charge in [0.1, 0.15) is 0 Å². The van der Waals surface area contributed by atoms with Crippen LogP contribution < -0.4 is 51.4 Å². The first-order valence-electron chi connectivity index (χ1n) is 4.16. The van der Waals surface area contributed by atoms with Gasteiger partial charge in [-0.1, -0.05) is 0 Å². The van der Waals surface area contributed by atoms with Crippen molar-refractivity contribution in [2.24, 2.45) is 0 Å². The van der Waals surface area contributed by atoms with E-state index >= 15 is 0 Å². The van der Waals surface area contributed by atoms with Gasteiger partial charge in [0.25, 0.3) is 0 Å². The SMILES string of the molecule is Cc1cc(C)nc(SC[B-](F)(F)F)c1.[K+]. The van der Waals surface area contributed by atoms with Gasteiger partial charge in [0.05, 0.1) is 5.03 Å². The molecule has 0 amide bonds. The first-order valence-corrected chi connectivity index (χ1v) is 5.14. The first-order chi connectivity index (χ1) is 6.37. The van der Waals surface area contributed by atoms with Crippen molar-refractivity contribution >= 4 is 18.7 Å². The molecule has 1 rings (SSSR count). The number of hydrogen-bond donors (Lipinski definition) is 0. The standard InChI is InChI=1S/C8H10BF3NS.K/c1-6-3-7(2)13-8(4-6)14-5-9(10,11)12;/h3-4H,5H2,1-2H3;/q-1;+1. The van der Waals surface area contributed by atoms with Crippen molar-refractivity contribution in [2.45, 2.75) is 18.9 Å². The second kappa shape index (κ2) is 6.66. The summed E-state index contributed by atoms with van der Waals surface area (Å²) in [6, 6.07) is 3.50. The van der Waals surface area contributed by atoms with E-state index in [1.165, 1.54) is 0 Å². The molecule has 0 fully saturated rings. The van der Waals surface area contributed by atoms with Crippen LogP contribution >= 0.6 is 11.8 Å². The molecule has 0 radical (unpaired) electrons. The van der Waals surface area contributed by atoms with E-state index in [9.17, 15) is 12.9 Å². The average Bonchev–Trinajstić information content (AvgIpc) is 1.97. The summed E-state index contributed by atoms with van der Waals surface area (Å²) in [6.45, 7) is -1.11. The maximum atomic E-state index is 12.0. The van der Waals surface area contributed by atoms with Crippen LogP contribution in [-0.4, -0.2) is 17.6 Å². The number of nitrogens with zero attached hydrogens (tertiary/aromatic N) is 1. The molecule has 0 aliphatic rings. The summed E-state index contributed by atoms with van der Waals surface area (Å²) in [7, 11) is 0. The quantitative estimate of drug-likeness (QED) is 0.567. The predicted octanol–water partition coefficient (Wildman–Crippen LogP) is 0.181. The molecule has 15 heavy (non-hydrogen) atoms. The Kier molecular flexibility index (Phi) is 7.10. The number of pyridine rings is 1. The maximum Gasteiger partial charge on any atom is 1.00 e. The Bertz CT molecular complexity index is 312. The molecule has 0 spiro atoms. The van der Waals surface area contributed by atoms with Crippen LogP contribution in [0.5, 0.6) is 0 Å². The van der Waals surface area contributed by atoms with Gasteiger partial charge in [-0.15, -0.1) is 11.8 Å². The fourth-order valence-electron chi connectivity index (χ4n) is 1.06. The van der Waals surface area contributed by atoms with E-state index in [4.69, 9.17) is 0 Å². The molecule has 0 bridgehead atoms. The second-order valence-electron chi connectivity index (χ2n) is 3.15. The van der Waals surface area contributed by atoms with E-state index in [1.54, 1.807) is 13.0 Å². The fraction of sp³-hybridized carbons (Fsp3) is 0.375. The Labute approximate surface area is 134 Å². The Morgan fingerprint density at radius 1 is 1.27 bits per heavy atom.